The third-order valence-electron chi connectivity index (χ3n) is 5.87. The van der Waals surface area contributed by atoms with Crippen molar-refractivity contribution in [1.29, 1.82) is 0 Å². The molecule has 0 radical (unpaired) electrons. The number of carbonyl (C=O) groups excluding carboxylic acids is 3. The van der Waals surface area contributed by atoms with Crippen molar-refractivity contribution in [3.63, 3.8) is 0 Å². The SMILES string of the molecule is Cc1nc(CC(NC(=O)C(N)CC(=O)N(CCN)CCN)C(=O)Nc2cnc3ccccc3c2)c(C)[nH]1. The van der Waals surface area contributed by atoms with Crippen LogP contribution in [-0.2, 0) is 20.8 Å². The van der Waals surface area contributed by atoms with Crippen molar-refractivity contribution in [2.45, 2.75) is 38.8 Å². The van der Waals surface area contributed by atoms with E-state index in [1.807, 2.05) is 31.2 Å². The Morgan fingerprint density at radius 3 is 2.43 bits per heavy atom. The molecule has 0 aliphatic heterocycles. The number of nitrogens with two attached hydrogens (primary N) is 3. The first-order valence-electron chi connectivity index (χ1n) is 12.1. The van der Waals surface area contributed by atoms with E-state index in [1.54, 1.807) is 19.2 Å². The van der Waals surface area contributed by atoms with E-state index in [9.17, 15) is 14.4 Å². The Kier molecular flexibility index (Phi) is 9.66. The Hall–Kier alpha value is -3.87. The summed E-state index contributed by atoms with van der Waals surface area (Å²) in [5.41, 5.74) is 19.9. The first kappa shape index (κ1) is 27.7. The molecule has 0 fully saturated rings. The number of carbonyl (C=O) groups is 3. The zero-order chi connectivity index (χ0) is 26.9. The zero-order valence-electron chi connectivity index (χ0n) is 21.2. The molecular weight excluding hydrogens is 474 g/mol. The lowest BCUT2D eigenvalue weighted by Gasteiger charge is -2.24. The second kappa shape index (κ2) is 12.9. The summed E-state index contributed by atoms with van der Waals surface area (Å²) in [6.07, 6.45) is 1.44. The van der Waals surface area contributed by atoms with E-state index < -0.39 is 23.9 Å². The minimum atomic E-state index is -1.16. The molecular formula is C25H35N9O3. The number of pyridine rings is 1. The molecule has 198 valence electrons. The number of nitrogens with zero attached hydrogens (tertiary/aromatic N) is 3. The van der Waals surface area contributed by atoms with Crippen molar-refractivity contribution >= 4 is 34.3 Å². The van der Waals surface area contributed by atoms with E-state index in [1.165, 1.54) is 4.90 Å². The molecule has 12 nitrogen and oxygen atoms in total. The second-order valence-corrected chi connectivity index (χ2v) is 8.83. The standard InChI is InChI=1S/C25H35N9O3/c1-15-21(31-16(2)30-15)13-22(25(37)32-18-11-17-5-3-4-6-20(17)29-14-18)33-24(36)19(28)12-23(35)34(9-7-26)10-8-27/h3-6,11,14,19,22H,7-10,12-13,26-28H2,1-2H3,(H,30,31)(H,32,37)(H,33,36). The van der Waals surface area contributed by atoms with Crippen LogP contribution in [0.2, 0.25) is 0 Å². The largest absolute Gasteiger partial charge is 0.346 e. The summed E-state index contributed by atoms with van der Waals surface area (Å²) < 4.78 is 0. The van der Waals surface area contributed by atoms with Gasteiger partial charge >= 0.3 is 0 Å². The van der Waals surface area contributed by atoms with Gasteiger partial charge in [0.1, 0.15) is 11.9 Å². The van der Waals surface area contributed by atoms with Gasteiger partial charge in [0.05, 0.1) is 35.6 Å². The Balaban J connectivity index is 1.75. The van der Waals surface area contributed by atoms with Crippen LogP contribution in [-0.4, -0.2) is 75.8 Å². The number of aryl methyl sites for hydroxylation is 2. The molecule has 0 bridgehead atoms. The number of anilines is 1. The van der Waals surface area contributed by atoms with Gasteiger partial charge in [0.25, 0.3) is 0 Å². The summed E-state index contributed by atoms with van der Waals surface area (Å²) in [6, 6.07) is 7.17. The van der Waals surface area contributed by atoms with Crippen LogP contribution >= 0.6 is 0 Å². The summed E-state index contributed by atoms with van der Waals surface area (Å²) in [5.74, 6) is -0.730. The molecule has 2 heterocycles. The number of amides is 3. The maximum atomic E-state index is 13.3. The highest BCUT2D eigenvalue weighted by Crippen LogP contribution is 2.17. The summed E-state index contributed by atoms with van der Waals surface area (Å²) >= 11 is 0. The number of nitrogens with one attached hydrogen (secondary N) is 3. The molecule has 0 aliphatic rings. The Labute approximate surface area is 215 Å². The Bertz CT molecular complexity index is 1240. The first-order chi connectivity index (χ1) is 17.7. The van der Waals surface area contributed by atoms with E-state index in [0.29, 0.717) is 30.3 Å². The van der Waals surface area contributed by atoms with E-state index in [0.717, 1.165) is 16.6 Å². The van der Waals surface area contributed by atoms with Gasteiger partial charge in [-0.3, -0.25) is 19.4 Å². The zero-order valence-corrected chi connectivity index (χ0v) is 21.2. The Morgan fingerprint density at radius 2 is 1.78 bits per heavy atom. The summed E-state index contributed by atoms with van der Waals surface area (Å²) in [7, 11) is 0. The Morgan fingerprint density at radius 1 is 1.08 bits per heavy atom. The van der Waals surface area contributed by atoms with Crippen molar-refractivity contribution in [3.8, 4) is 0 Å². The van der Waals surface area contributed by atoms with E-state index in [4.69, 9.17) is 17.2 Å². The molecule has 3 rings (SSSR count). The monoisotopic (exact) mass is 509 g/mol. The third kappa shape index (κ3) is 7.56. The van der Waals surface area contributed by atoms with Crippen LogP contribution in [0.4, 0.5) is 5.69 Å². The van der Waals surface area contributed by atoms with Crippen LogP contribution in [0, 0.1) is 13.8 Å². The van der Waals surface area contributed by atoms with Gasteiger partial charge in [-0.15, -0.1) is 0 Å². The molecule has 2 aromatic heterocycles. The summed E-state index contributed by atoms with van der Waals surface area (Å²) in [6.45, 7) is 4.80. The fraction of sp³-hybridized carbons (Fsp3) is 0.400. The predicted molar refractivity (Wildman–Crippen MR) is 141 cm³/mol. The van der Waals surface area contributed by atoms with Gasteiger partial charge in [0.15, 0.2) is 0 Å². The molecule has 0 spiro atoms. The minimum Gasteiger partial charge on any atom is -0.346 e. The summed E-state index contributed by atoms with van der Waals surface area (Å²) in [5, 5.41) is 6.38. The quantitative estimate of drug-likeness (QED) is 0.191. The van der Waals surface area contributed by atoms with Crippen molar-refractivity contribution in [2.24, 2.45) is 17.2 Å². The highest BCUT2D eigenvalue weighted by Gasteiger charge is 2.28. The maximum Gasteiger partial charge on any atom is 0.247 e. The van der Waals surface area contributed by atoms with E-state index in [2.05, 4.69) is 25.6 Å². The molecule has 12 heteroatoms. The number of H-pyrrole nitrogens is 1. The molecule has 9 N–H and O–H groups in total. The van der Waals surface area contributed by atoms with Gasteiger partial charge in [0, 0.05) is 43.7 Å². The number of aromatic amines is 1. The molecule has 2 atom stereocenters. The van der Waals surface area contributed by atoms with Crippen LogP contribution < -0.4 is 27.8 Å². The van der Waals surface area contributed by atoms with Crippen molar-refractivity contribution < 1.29 is 14.4 Å². The van der Waals surface area contributed by atoms with Gasteiger partial charge in [-0.2, -0.15) is 0 Å². The molecule has 2 unspecified atom stereocenters. The third-order valence-corrected chi connectivity index (χ3v) is 5.87. The number of rotatable bonds is 12. The normalized spacial score (nSPS) is 12.7. The number of para-hydroxylation sites is 1. The van der Waals surface area contributed by atoms with E-state index in [-0.39, 0.29) is 31.8 Å². The highest BCUT2D eigenvalue weighted by molar-refractivity contribution is 5.99. The predicted octanol–water partition coefficient (Wildman–Crippen LogP) is -0.296. The van der Waals surface area contributed by atoms with Gasteiger partial charge in [0.2, 0.25) is 17.7 Å². The van der Waals surface area contributed by atoms with Gasteiger partial charge in [-0.25, -0.2) is 4.98 Å². The molecule has 3 amide bonds. The number of benzene rings is 1. The number of hydrogen-bond acceptors (Lipinski definition) is 8. The van der Waals surface area contributed by atoms with Gasteiger partial charge in [-0.1, -0.05) is 18.2 Å². The fourth-order valence-electron chi connectivity index (χ4n) is 3.99. The molecule has 1 aromatic carbocycles. The van der Waals surface area contributed by atoms with Crippen molar-refractivity contribution in [2.75, 3.05) is 31.5 Å². The fourth-order valence-corrected chi connectivity index (χ4v) is 3.99. The number of imidazole rings is 1. The molecule has 0 saturated carbocycles. The maximum absolute atomic E-state index is 13.3. The molecule has 3 aromatic rings. The van der Waals surface area contributed by atoms with Crippen LogP contribution in [0.15, 0.2) is 36.5 Å². The number of hydrogen-bond donors (Lipinski definition) is 6. The van der Waals surface area contributed by atoms with Crippen molar-refractivity contribution in [1.82, 2.24) is 25.2 Å². The number of aromatic nitrogens is 3. The van der Waals surface area contributed by atoms with Crippen LogP contribution in [0.1, 0.15) is 23.6 Å². The van der Waals surface area contributed by atoms with Crippen LogP contribution in [0.3, 0.4) is 0 Å². The lowest BCUT2D eigenvalue weighted by molar-refractivity contribution is -0.134. The average molecular weight is 510 g/mol. The first-order valence-corrected chi connectivity index (χ1v) is 12.1. The average Bonchev–Trinajstić information content (AvgIpc) is 3.19. The highest BCUT2D eigenvalue weighted by atomic mass is 16.2. The van der Waals surface area contributed by atoms with Gasteiger partial charge in [-0.05, 0) is 26.0 Å². The molecule has 0 aliphatic carbocycles. The number of fused-ring (bicyclic) bond motifs is 1. The smallest absolute Gasteiger partial charge is 0.247 e. The minimum absolute atomic E-state index is 0.127. The lowest BCUT2D eigenvalue weighted by Crippen LogP contribution is -2.52. The van der Waals surface area contributed by atoms with Crippen LogP contribution in [0.25, 0.3) is 10.9 Å². The van der Waals surface area contributed by atoms with Crippen LogP contribution in [0.5, 0.6) is 0 Å². The molecule has 37 heavy (non-hydrogen) atoms. The molecule has 0 saturated heterocycles. The van der Waals surface area contributed by atoms with Crippen molar-refractivity contribution in [3.05, 3.63) is 53.7 Å². The second-order valence-electron chi connectivity index (χ2n) is 8.83. The van der Waals surface area contributed by atoms with E-state index >= 15 is 0 Å². The van der Waals surface area contributed by atoms with Gasteiger partial charge < -0.3 is 37.7 Å². The summed E-state index contributed by atoms with van der Waals surface area (Å²) in [4.78, 5) is 52.2. The lowest BCUT2D eigenvalue weighted by atomic mass is 10.1. The topological polar surface area (TPSA) is 198 Å².